The quantitative estimate of drug-likeness (QED) is 0.805. The Morgan fingerprint density at radius 3 is 2.85 bits per heavy atom. The molecule has 0 amide bonds. The van der Waals surface area contributed by atoms with Gasteiger partial charge in [-0.05, 0) is 37.2 Å². The van der Waals surface area contributed by atoms with E-state index in [-0.39, 0.29) is 4.90 Å². The smallest absolute Gasteiger partial charge is 0.263 e. The molecule has 0 radical (unpaired) electrons. The van der Waals surface area contributed by atoms with E-state index in [1.807, 2.05) is 4.72 Å². The first-order chi connectivity index (χ1) is 12.2. The lowest BCUT2D eigenvalue weighted by Gasteiger charge is -2.07. The average molecular weight is 301 g/mol. The van der Waals surface area contributed by atoms with Crippen molar-refractivity contribution in [2.45, 2.75) is 11.7 Å². The van der Waals surface area contributed by atoms with Crippen molar-refractivity contribution in [1.29, 1.82) is 0 Å². The molecule has 1 aromatic carbocycles. The summed E-state index contributed by atoms with van der Waals surface area (Å²) in [4.78, 5) is -0.177. The molecule has 20 heavy (non-hydrogen) atoms. The van der Waals surface area contributed by atoms with Crippen LogP contribution in [0.2, 0.25) is 0 Å². The first-order valence-electron chi connectivity index (χ1n) is 8.66. The van der Waals surface area contributed by atoms with E-state index < -0.39 is 47.2 Å². The Morgan fingerprint density at radius 2 is 2.15 bits per heavy atom. The molecule has 8 heteroatoms. The third-order valence-electron chi connectivity index (χ3n) is 2.10. The standard InChI is InChI=1S/C12H14N4O3S/c1-2-19-12-8-7-11(14-15-12)16-20(17,18)10-5-3-9(13)4-6-10/h3-8H,2,13H2,1H3,(H,14,16)/i1D3,2D2,7D,8D. The summed E-state index contributed by atoms with van der Waals surface area (Å²) in [6.45, 7) is -6.37. The molecule has 0 fully saturated rings. The highest BCUT2D eigenvalue weighted by atomic mass is 32.2. The Balaban J connectivity index is 2.33. The minimum atomic E-state index is -4.16. The molecule has 106 valence electrons. The Morgan fingerprint density at radius 1 is 1.40 bits per heavy atom. The average Bonchev–Trinajstić information content (AvgIpc) is 2.54. The van der Waals surface area contributed by atoms with Crippen LogP contribution in [0.3, 0.4) is 0 Å². The topological polar surface area (TPSA) is 107 Å². The van der Waals surface area contributed by atoms with Crippen molar-refractivity contribution in [2.75, 3.05) is 17.0 Å². The SMILES string of the molecule is [2H]c1c(NS(=O)(=O)c2ccc(N)cc2)nnc(OC([2H])([2H])C([2H])([2H])[2H])c1[2H]. The van der Waals surface area contributed by atoms with E-state index in [1.165, 1.54) is 24.3 Å². The number of nitrogen functional groups attached to an aromatic ring is 1. The highest BCUT2D eigenvalue weighted by Gasteiger charge is 2.14. The van der Waals surface area contributed by atoms with E-state index in [1.54, 1.807) is 0 Å². The second-order valence-electron chi connectivity index (χ2n) is 3.48. The fourth-order valence-corrected chi connectivity index (χ4v) is 2.19. The summed E-state index contributed by atoms with van der Waals surface area (Å²) in [5, 5.41) is 6.70. The molecule has 0 unspecified atom stereocenters. The predicted molar refractivity (Wildman–Crippen MR) is 74.9 cm³/mol. The molecule has 0 aliphatic carbocycles. The summed E-state index contributed by atoms with van der Waals surface area (Å²) in [6.07, 6.45) is 0. The van der Waals surface area contributed by atoms with Crippen LogP contribution in [0.25, 0.3) is 0 Å². The van der Waals surface area contributed by atoms with Gasteiger partial charge in [0.05, 0.1) is 16.9 Å². The number of aromatic nitrogens is 2. The Kier molecular flexibility index (Phi) is 2.14. The maximum absolute atomic E-state index is 12.3. The molecule has 1 aromatic heterocycles. The van der Waals surface area contributed by atoms with Crippen molar-refractivity contribution < 1.29 is 22.7 Å². The van der Waals surface area contributed by atoms with Gasteiger partial charge in [0, 0.05) is 15.8 Å². The fraction of sp³-hybridized carbons (Fsp3) is 0.167. The predicted octanol–water partition coefficient (Wildman–Crippen LogP) is 1.26. The molecule has 3 N–H and O–H groups in total. The van der Waals surface area contributed by atoms with Crippen molar-refractivity contribution in [2.24, 2.45) is 0 Å². The van der Waals surface area contributed by atoms with Gasteiger partial charge in [-0.3, -0.25) is 4.72 Å². The lowest BCUT2D eigenvalue weighted by atomic mass is 10.3. The van der Waals surface area contributed by atoms with E-state index >= 15 is 0 Å². The van der Waals surface area contributed by atoms with Gasteiger partial charge in [0.25, 0.3) is 10.0 Å². The summed E-state index contributed by atoms with van der Waals surface area (Å²) < 4.78 is 82.5. The van der Waals surface area contributed by atoms with Crippen LogP contribution in [0, 0.1) is 0 Å². The lowest BCUT2D eigenvalue weighted by Crippen LogP contribution is -2.14. The molecular formula is C12H14N4O3S. The first-order valence-corrected chi connectivity index (χ1v) is 6.64. The maximum atomic E-state index is 12.3. The van der Waals surface area contributed by atoms with Gasteiger partial charge in [-0.1, -0.05) is 0 Å². The van der Waals surface area contributed by atoms with Crippen LogP contribution in [-0.4, -0.2) is 25.2 Å². The van der Waals surface area contributed by atoms with E-state index in [9.17, 15) is 8.42 Å². The molecule has 2 rings (SSSR count). The Labute approximate surface area is 126 Å². The summed E-state index contributed by atoms with van der Waals surface area (Å²) in [7, 11) is -4.16. The number of nitrogens with one attached hydrogen (secondary N) is 1. The number of hydrogen-bond donors (Lipinski definition) is 2. The summed E-state index contributed by atoms with van der Waals surface area (Å²) in [6, 6.07) is 3.53. The van der Waals surface area contributed by atoms with Crippen LogP contribution < -0.4 is 15.2 Å². The highest BCUT2D eigenvalue weighted by Crippen LogP contribution is 2.16. The second-order valence-corrected chi connectivity index (χ2v) is 5.16. The molecule has 7 nitrogen and oxygen atoms in total. The summed E-state index contributed by atoms with van der Waals surface area (Å²) in [5.74, 6) is -1.48. The van der Waals surface area contributed by atoms with Gasteiger partial charge in [-0.25, -0.2) is 8.42 Å². The van der Waals surface area contributed by atoms with Crippen molar-refractivity contribution in [3.05, 3.63) is 36.4 Å². The molecule has 0 aliphatic heterocycles. The molecule has 0 bridgehead atoms. The van der Waals surface area contributed by atoms with E-state index in [2.05, 4.69) is 14.9 Å². The van der Waals surface area contributed by atoms with E-state index in [0.717, 1.165) is 0 Å². The molecule has 0 aliphatic rings. The van der Waals surface area contributed by atoms with Gasteiger partial charge in [0.2, 0.25) is 5.88 Å². The highest BCUT2D eigenvalue weighted by molar-refractivity contribution is 7.92. The third-order valence-corrected chi connectivity index (χ3v) is 3.45. The van der Waals surface area contributed by atoms with Crippen molar-refractivity contribution in [3.63, 3.8) is 0 Å². The molecule has 1 heterocycles. The van der Waals surface area contributed by atoms with Crippen LogP contribution in [0.5, 0.6) is 5.88 Å². The zero-order valence-electron chi connectivity index (χ0n) is 16.9. The van der Waals surface area contributed by atoms with Gasteiger partial charge < -0.3 is 10.5 Å². The minimum Gasteiger partial charge on any atom is -0.477 e. The Hall–Kier alpha value is -2.35. The van der Waals surface area contributed by atoms with E-state index in [4.69, 9.17) is 15.3 Å². The van der Waals surface area contributed by atoms with Gasteiger partial charge in [-0.15, -0.1) is 10.2 Å². The summed E-state index contributed by atoms with van der Waals surface area (Å²) >= 11 is 0. The summed E-state index contributed by atoms with van der Waals surface area (Å²) in [5.41, 5.74) is 5.83. The molecule has 0 saturated carbocycles. The van der Waals surface area contributed by atoms with Crippen molar-refractivity contribution in [3.8, 4) is 5.88 Å². The van der Waals surface area contributed by atoms with Crippen molar-refractivity contribution >= 4 is 21.5 Å². The van der Waals surface area contributed by atoms with Crippen LogP contribution in [0.4, 0.5) is 11.5 Å². The molecule has 0 spiro atoms. The lowest BCUT2D eigenvalue weighted by molar-refractivity contribution is 0.323. The maximum Gasteiger partial charge on any atom is 0.263 e. The molecular weight excluding hydrogens is 280 g/mol. The van der Waals surface area contributed by atoms with Gasteiger partial charge in [0.15, 0.2) is 5.82 Å². The minimum absolute atomic E-state index is 0.177. The number of anilines is 2. The number of ether oxygens (including phenoxy) is 1. The second kappa shape index (κ2) is 5.74. The normalized spacial score (nSPS) is 17.5. The van der Waals surface area contributed by atoms with Crippen LogP contribution in [-0.2, 0) is 10.0 Å². The zero-order valence-corrected chi connectivity index (χ0v) is 10.7. The molecule has 2 aromatic rings. The van der Waals surface area contributed by atoms with Crippen LogP contribution in [0.1, 0.15) is 16.4 Å². The number of nitrogens with zero attached hydrogens (tertiary/aromatic N) is 2. The molecule has 0 saturated heterocycles. The van der Waals surface area contributed by atoms with Gasteiger partial charge in [-0.2, -0.15) is 0 Å². The zero-order chi connectivity index (χ0) is 20.6. The number of rotatable bonds is 5. The third kappa shape index (κ3) is 3.35. The largest absolute Gasteiger partial charge is 0.477 e. The Bertz CT molecular complexity index is 949. The fourth-order valence-electron chi connectivity index (χ4n) is 1.23. The monoisotopic (exact) mass is 301 g/mol. The number of benzene rings is 1. The van der Waals surface area contributed by atoms with E-state index in [0.29, 0.717) is 5.69 Å². The van der Waals surface area contributed by atoms with Gasteiger partial charge >= 0.3 is 0 Å². The van der Waals surface area contributed by atoms with Crippen molar-refractivity contribution in [1.82, 2.24) is 10.2 Å². The molecule has 0 atom stereocenters. The number of nitrogens with two attached hydrogens (primary N) is 1. The van der Waals surface area contributed by atoms with Crippen LogP contribution in [0.15, 0.2) is 41.2 Å². The first kappa shape index (κ1) is 7.44. The number of sulfonamides is 1. The number of hydrogen-bond acceptors (Lipinski definition) is 6. The van der Waals surface area contributed by atoms with Gasteiger partial charge in [0.1, 0.15) is 0 Å². The van der Waals surface area contributed by atoms with Crippen LogP contribution >= 0.6 is 0 Å².